The summed E-state index contributed by atoms with van der Waals surface area (Å²) in [4.78, 5) is 31.2. The molecular weight excluding hydrogens is 675 g/mol. The molecule has 0 aliphatic heterocycles. The SMILES string of the molecule is COC(=O)c1ccc([C@H](C)Nc2cc(C)nc3ccnn23)cc1.Cc1cc(N[C@@H](C)c2ccc(C(=O)O)cc2)n2nccc2n1.O.S.S.[Li+].[OH-]. The van der Waals surface area contributed by atoms with Gasteiger partial charge in [-0.2, -0.15) is 46.2 Å². The first-order valence-corrected chi connectivity index (χ1v) is 14.3. The van der Waals surface area contributed by atoms with Gasteiger partial charge in [0.15, 0.2) is 11.3 Å². The number of carboxylic acid groups (broad SMARTS) is 1. The average molecular weight is 717 g/mol. The fraction of sp³-hybridized carbons (Fsp3) is 0.212. The van der Waals surface area contributed by atoms with E-state index in [-0.39, 0.29) is 80.4 Å². The minimum absolute atomic E-state index is 0. The molecular formula is C33H41LiN8O6S2. The van der Waals surface area contributed by atoms with Gasteiger partial charge in [-0.15, -0.1) is 0 Å². The number of hydrogen-bond acceptors (Lipinski definition) is 10. The maximum atomic E-state index is 11.5. The van der Waals surface area contributed by atoms with Gasteiger partial charge < -0.3 is 31.4 Å². The molecule has 14 nitrogen and oxygen atoms in total. The molecule has 0 saturated carbocycles. The van der Waals surface area contributed by atoms with Crippen LogP contribution in [0.5, 0.6) is 0 Å². The number of benzene rings is 2. The van der Waals surface area contributed by atoms with Crippen molar-refractivity contribution in [2.75, 3.05) is 17.7 Å². The van der Waals surface area contributed by atoms with Crippen LogP contribution in [0, 0.1) is 13.8 Å². The van der Waals surface area contributed by atoms with Gasteiger partial charge in [0, 0.05) is 47.7 Å². The Morgan fingerprint density at radius 3 is 1.46 bits per heavy atom. The van der Waals surface area contributed by atoms with E-state index in [2.05, 4.69) is 37.7 Å². The number of carbonyl (C=O) groups excluding carboxylic acids is 1. The maximum absolute atomic E-state index is 11.5. The van der Waals surface area contributed by atoms with Gasteiger partial charge in [-0.05, 0) is 63.1 Å². The first-order valence-electron chi connectivity index (χ1n) is 14.3. The van der Waals surface area contributed by atoms with Crippen molar-refractivity contribution < 1.29 is 49.2 Å². The molecule has 0 amide bonds. The smallest absolute Gasteiger partial charge is 0.870 e. The van der Waals surface area contributed by atoms with Gasteiger partial charge in [-0.1, -0.05) is 24.3 Å². The number of hydrogen-bond donors (Lipinski definition) is 3. The monoisotopic (exact) mass is 716 g/mol. The molecule has 0 aliphatic rings. The topological polar surface area (TPSA) is 210 Å². The number of ether oxygens (including phenoxy) is 1. The Morgan fingerprint density at radius 2 is 1.10 bits per heavy atom. The Hall–Kier alpha value is -4.56. The van der Waals surface area contributed by atoms with Crippen molar-refractivity contribution in [1.82, 2.24) is 29.2 Å². The number of fused-ring (bicyclic) bond motifs is 2. The molecule has 50 heavy (non-hydrogen) atoms. The number of nitrogens with one attached hydrogen (secondary N) is 2. The van der Waals surface area contributed by atoms with Crippen LogP contribution in [0.4, 0.5) is 11.6 Å². The van der Waals surface area contributed by atoms with Gasteiger partial charge in [-0.3, -0.25) is 0 Å². The zero-order chi connectivity index (χ0) is 32.1. The van der Waals surface area contributed by atoms with E-state index in [0.29, 0.717) is 5.56 Å². The second kappa shape index (κ2) is 20.2. The Balaban J connectivity index is 0.000000874. The summed E-state index contributed by atoms with van der Waals surface area (Å²) in [5.74, 6) is 0.472. The Labute approximate surface area is 315 Å². The molecule has 4 heterocycles. The van der Waals surface area contributed by atoms with Crippen LogP contribution in [0.25, 0.3) is 11.3 Å². The first kappa shape index (κ1) is 45.4. The number of carboxylic acids is 1. The largest absolute Gasteiger partial charge is 1.00 e. The average Bonchev–Trinajstić information content (AvgIpc) is 3.71. The number of rotatable bonds is 8. The van der Waals surface area contributed by atoms with E-state index in [1.165, 1.54) is 7.11 Å². The number of nitrogens with zero attached hydrogens (tertiary/aromatic N) is 6. The van der Waals surface area contributed by atoms with Crippen LogP contribution in [0.1, 0.15) is 69.2 Å². The van der Waals surface area contributed by atoms with Crippen LogP contribution < -0.4 is 29.5 Å². The van der Waals surface area contributed by atoms with Gasteiger partial charge in [0.2, 0.25) is 0 Å². The molecule has 0 fully saturated rings. The predicted octanol–water partition coefficient (Wildman–Crippen LogP) is 2.13. The number of anilines is 2. The third-order valence-corrected chi connectivity index (χ3v) is 7.19. The minimum Gasteiger partial charge on any atom is -0.870 e. The Kier molecular flexibility index (Phi) is 18.4. The van der Waals surface area contributed by atoms with Crippen LogP contribution in [0.3, 0.4) is 0 Å². The van der Waals surface area contributed by atoms with Gasteiger partial charge in [0.25, 0.3) is 0 Å². The molecule has 0 spiro atoms. The molecule has 6 aromatic rings. The number of esters is 1. The van der Waals surface area contributed by atoms with Gasteiger partial charge in [-0.25, -0.2) is 19.6 Å². The first-order chi connectivity index (χ1) is 21.6. The van der Waals surface area contributed by atoms with Crippen LogP contribution in [-0.2, 0) is 4.74 Å². The molecule has 4 aromatic heterocycles. The van der Waals surface area contributed by atoms with E-state index in [1.54, 1.807) is 45.7 Å². The Bertz CT molecular complexity index is 1970. The van der Waals surface area contributed by atoms with Crippen LogP contribution in [0.15, 0.2) is 85.2 Å². The normalized spacial score (nSPS) is 11.0. The van der Waals surface area contributed by atoms with Gasteiger partial charge in [0.05, 0.1) is 30.6 Å². The maximum Gasteiger partial charge on any atom is 1.00 e. The van der Waals surface area contributed by atoms with Crippen molar-refractivity contribution >= 4 is 61.9 Å². The molecule has 6 rings (SSSR count). The van der Waals surface area contributed by atoms with Crippen molar-refractivity contribution in [2.24, 2.45) is 0 Å². The molecule has 0 radical (unpaired) electrons. The number of aryl methyl sites for hydroxylation is 2. The van der Waals surface area contributed by atoms with Crippen molar-refractivity contribution in [3.63, 3.8) is 0 Å². The van der Waals surface area contributed by atoms with Crippen molar-refractivity contribution in [3.8, 4) is 0 Å². The molecule has 0 bridgehead atoms. The zero-order valence-corrected chi connectivity index (χ0v) is 30.5. The molecule has 6 N–H and O–H groups in total. The van der Waals surface area contributed by atoms with Gasteiger partial charge >= 0.3 is 30.8 Å². The number of aromatic carboxylic acids is 1. The van der Waals surface area contributed by atoms with Crippen LogP contribution >= 0.6 is 27.0 Å². The van der Waals surface area contributed by atoms with Crippen molar-refractivity contribution in [2.45, 2.75) is 39.8 Å². The molecule has 0 aliphatic carbocycles. The summed E-state index contributed by atoms with van der Waals surface area (Å²) >= 11 is 0. The van der Waals surface area contributed by atoms with E-state index in [4.69, 9.17) is 9.84 Å². The third kappa shape index (κ3) is 10.7. The number of methoxy groups -OCH3 is 1. The summed E-state index contributed by atoms with van der Waals surface area (Å²) in [5, 5.41) is 24.3. The summed E-state index contributed by atoms with van der Waals surface area (Å²) in [6, 6.07) is 21.9. The molecule has 2 atom stereocenters. The van der Waals surface area contributed by atoms with E-state index in [9.17, 15) is 9.59 Å². The van der Waals surface area contributed by atoms with Crippen LogP contribution in [-0.4, -0.2) is 64.3 Å². The number of aromatic nitrogens is 6. The molecule has 0 saturated heterocycles. The van der Waals surface area contributed by atoms with Crippen LogP contribution in [0.2, 0.25) is 0 Å². The molecule has 0 unspecified atom stereocenters. The summed E-state index contributed by atoms with van der Waals surface area (Å²) in [6.07, 6.45) is 3.43. The minimum atomic E-state index is -0.921. The summed E-state index contributed by atoms with van der Waals surface area (Å²) in [5.41, 5.74) is 6.31. The van der Waals surface area contributed by atoms with E-state index in [0.717, 1.165) is 45.4 Å². The third-order valence-electron chi connectivity index (χ3n) is 7.19. The fourth-order valence-corrected chi connectivity index (χ4v) is 4.83. The summed E-state index contributed by atoms with van der Waals surface area (Å²) < 4.78 is 8.23. The summed E-state index contributed by atoms with van der Waals surface area (Å²) in [7, 11) is 1.38. The van der Waals surface area contributed by atoms with Crippen molar-refractivity contribution in [3.05, 3.63) is 119 Å². The standard InChI is InChI=1S/C17H18N4O2.C16H16N4O2.Li.2H2O.2H2S/c1-11-10-16(21-15(19-11)8-9-18-21)20-12(2)13-4-6-14(7-5-13)17(22)23-3;1-10-9-15(20-14(18-10)7-8-17-20)19-11(2)12-3-5-13(6-4-12)16(21)22;;;;;/h4-10,12,20H,1-3H3;3-9,11,19H,1-2H3,(H,21,22);;4*1H2/q;;+1;;;;/p-1/t12-;11-;;;;;/m00...../s1. The predicted molar refractivity (Wildman–Crippen MR) is 197 cm³/mol. The van der Waals surface area contributed by atoms with Gasteiger partial charge in [0.1, 0.15) is 11.6 Å². The molecule has 17 heteroatoms. The van der Waals surface area contributed by atoms with E-state index < -0.39 is 5.97 Å². The van der Waals surface area contributed by atoms with Crippen molar-refractivity contribution in [1.29, 1.82) is 0 Å². The number of carbonyl (C=O) groups is 2. The quantitative estimate of drug-likeness (QED) is 0.154. The fourth-order valence-electron chi connectivity index (χ4n) is 4.83. The summed E-state index contributed by atoms with van der Waals surface area (Å²) in [6.45, 7) is 7.96. The van der Waals surface area contributed by atoms with E-state index >= 15 is 0 Å². The zero-order valence-electron chi connectivity index (χ0n) is 28.5. The molecule has 262 valence electrons. The molecule has 2 aromatic carbocycles. The van der Waals surface area contributed by atoms with E-state index in [1.807, 2.05) is 69.3 Å². The Morgan fingerprint density at radius 1 is 0.720 bits per heavy atom. The second-order valence-electron chi connectivity index (χ2n) is 10.5. The second-order valence-corrected chi connectivity index (χ2v) is 10.5.